The van der Waals surface area contributed by atoms with Crippen LogP contribution in [0.15, 0.2) is 70.5 Å². The van der Waals surface area contributed by atoms with Crippen molar-refractivity contribution in [3.05, 3.63) is 88.5 Å². The standard InChI is InChI=1S/C31H34N2O2S/c1-21-14-15-22(2)24(18-21)20-33-27-19-23(30(34)32-25-10-6-4-3-5-7-11-25)16-17-29(27)36-28-13-9-8-12-26(28)31(33)35/h8-9,12-19,25H,3-7,10-11,20H2,1-2H3,(H,32,34). The van der Waals surface area contributed by atoms with Gasteiger partial charge in [0.1, 0.15) is 0 Å². The summed E-state index contributed by atoms with van der Waals surface area (Å²) < 4.78 is 0. The fraction of sp³-hybridized carbons (Fsp3) is 0.355. The van der Waals surface area contributed by atoms with Crippen molar-refractivity contribution >= 4 is 29.3 Å². The van der Waals surface area contributed by atoms with Crippen molar-refractivity contribution in [2.45, 2.75) is 81.2 Å². The summed E-state index contributed by atoms with van der Waals surface area (Å²) in [7, 11) is 0. The van der Waals surface area contributed by atoms with Gasteiger partial charge in [-0.2, -0.15) is 0 Å². The van der Waals surface area contributed by atoms with E-state index in [-0.39, 0.29) is 17.9 Å². The molecule has 0 aromatic heterocycles. The van der Waals surface area contributed by atoms with E-state index >= 15 is 0 Å². The van der Waals surface area contributed by atoms with Crippen molar-refractivity contribution in [2.75, 3.05) is 4.90 Å². The van der Waals surface area contributed by atoms with Gasteiger partial charge in [0.05, 0.1) is 17.8 Å². The fourth-order valence-electron chi connectivity index (χ4n) is 5.23. The molecule has 5 rings (SSSR count). The first kappa shape index (κ1) is 24.6. The van der Waals surface area contributed by atoms with Crippen molar-refractivity contribution in [3.8, 4) is 0 Å². The number of anilines is 1. The van der Waals surface area contributed by atoms with Gasteiger partial charge in [0.25, 0.3) is 11.8 Å². The average molecular weight is 499 g/mol. The molecule has 36 heavy (non-hydrogen) atoms. The van der Waals surface area contributed by atoms with E-state index in [2.05, 4.69) is 37.4 Å². The highest BCUT2D eigenvalue weighted by atomic mass is 32.2. The zero-order chi connectivity index (χ0) is 25.1. The van der Waals surface area contributed by atoms with E-state index in [4.69, 9.17) is 0 Å². The second-order valence-corrected chi connectivity index (χ2v) is 11.2. The van der Waals surface area contributed by atoms with Gasteiger partial charge in [-0.3, -0.25) is 9.59 Å². The van der Waals surface area contributed by atoms with E-state index in [9.17, 15) is 9.59 Å². The molecule has 1 fully saturated rings. The lowest BCUT2D eigenvalue weighted by Gasteiger charge is -2.25. The number of carbonyl (C=O) groups excluding carboxylic acids is 2. The summed E-state index contributed by atoms with van der Waals surface area (Å²) in [6, 6.07) is 20.2. The van der Waals surface area contributed by atoms with Crippen LogP contribution >= 0.6 is 11.8 Å². The number of hydrogen-bond acceptors (Lipinski definition) is 3. The van der Waals surface area contributed by atoms with Gasteiger partial charge in [-0.1, -0.05) is 79.8 Å². The first-order valence-electron chi connectivity index (χ1n) is 13.1. The molecule has 0 radical (unpaired) electrons. The van der Waals surface area contributed by atoms with Crippen LogP contribution in [0.1, 0.15) is 82.4 Å². The molecule has 2 aliphatic rings. The quantitative estimate of drug-likeness (QED) is 0.406. The Morgan fingerprint density at radius 3 is 2.47 bits per heavy atom. The number of carbonyl (C=O) groups is 2. The van der Waals surface area contributed by atoms with Gasteiger partial charge in [0.15, 0.2) is 0 Å². The van der Waals surface area contributed by atoms with Crippen LogP contribution in [0.2, 0.25) is 0 Å². The predicted molar refractivity (Wildman–Crippen MR) is 147 cm³/mol. The highest BCUT2D eigenvalue weighted by Gasteiger charge is 2.29. The first-order chi connectivity index (χ1) is 17.5. The number of benzene rings is 3. The van der Waals surface area contributed by atoms with Crippen LogP contribution in [0.25, 0.3) is 0 Å². The Kier molecular flexibility index (Phi) is 7.47. The molecule has 3 aromatic carbocycles. The number of rotatable bonds is 4. The Bertz CT molecular complexity index is 1280. The number of nitrogens with one attached hydrogen (secondary N) is 1. The third-order valence-electron chi connectivity index (χ3n) is 7.37. The lowest BCUT2D eigenvalue weighted by Crippen LogP contribution is -2.35. The topological polar surface area (TPSA) is 49.4 Å². The summed E-state index contributed by atoms with van der Waals surface area (Å²) in [6.07, 6.45) is 8.22. The average Bonchev–Trinajstić information content (AvgIpc) is 2.97. The molecule has 1 N–H and O–H groups in total. The molecular weight excluding hydrogens is 464 g/mol. The highest BCUT2D eigenvalue weighted by Crippen LogP contribution is 2.42. The van der Waals surface area contributed by atoms with E-state index in [1.54, 1.807) is 11.8 Å². The molecule has 1 heterocycles. The van der Waals surface area contributed by atoms with Crippen molar-refractivity contribution in [1.29, 1.82) is 0 Å². The van der Waals surface area contributed by atoms with Gasteiger partial charge in [-0.05, 0) is 68.1 Å². The summed E-state index contributed by atoms with van der Waals surface area (Å²) >= 11 is 1.60. The second-order valence-electron chi connectivity index (χ2n) is 10.1. The van der Waals surface area contributed by atoms with Crippen LogP contribution in [0.5, 0.6) is 0 Å². The number of nitrogens with zero attached hydrogens (tertiary/aromatic N) is 1. The minimum atomic E-state index is -0.0470. The number of amides is 2. The molecule has 4 nitrogen and oxygen atoms in total. The molecule has 3 aromatic rings. The second kappa shape index (κ2) is 10.9. The Morgan fingerprint density at radius 1 is 0.917 bits per heavy atom. The molecule has 186 valence electrons. The molecule has 5 heteroatoms. The van der Waals surface area contributed by atoms with Crippen molar-refractivity contribution in [1.82, 2.24) is 5.32 Å². The summed E-state index contributed by atoms with van der Waals surface area (Å²) in [5.41, 5.74) is 5.54. The molecule has 0 spiro atoms. The first-order valence-corrected chi connectivity index (χ1v) is 13.9. The highest BCUT2D eigenvalue weighted by molar-refractivity contribution is 7.99. The maximum absolute atomic E-state index is 13.9. The lowest BCUT2D eigenvalue weighted by atomic mass is 9.96. The summed E-state index contributed by atoms with van der Waals surface area (Å²) in [6.45, 7) is 4.62. The van der Waals surface area contributed by atoms with Gasteiger partial charge in [-0.15, -0.1) is 0 Å². The van der Waals surface area contributed by atoms with Crippen molar-refractivity contribution < 1.29 is 9.59 Å². The largest absolute Gasteiger partial charge is 0.349 e. The van der Waals surface area contributed by atoms with Crippen LogP contribution in [0.3, 0.4) is 0 Å². The Hall–Kier alpha value is -3.05. The van der Waals surface area contributed by atoms with Gasteiger partial charge in [0, 0.05) is 21.4 Å². The van der Waals surface area contributed by atoms with Gasteiger partial charge >= 0.3 is 0 Å². The van der Waals surface area contributed by atoms with Crippen LogP contribution in [0, 0.1) is 13.8 Å². The summed E-state index contributed by atoms with van der Waals surface area (Å²) in [4.78, 5) is 31.0. The molecular formula is C31H34N2O2S. The monoisotopic (exact) mass is 498 g/mol. The third kappa shape index (κ3) is 5.36. The normalized spacial score (nSPS) is 16.4. The van der Waals surface area contributed by atoms with E-state index in [1.165, 1.54) is 37.7 Å². The Labute approximate surface area is 218 Å². The van der Waals surface area contributed by atoms with Crippen LogP contribution in [0.4, 0.5) is 5.69 Å². The third-order valence-corrected chi connectivity index (χ3v) is 8.51. The zero-order valence-electron chi connectivity index (χ0n) is 21.2. The van der Waals surface area contributed by atoms with Crippen molar-refractivity contribution in [2.24, 2.45) is 0 Å². The molecule has 1 aliphatic heterocycles. The zero-order valence-corrected chi connectivity index (χ0v) is 22.0. The number of hydrogen-bond donors (Lipinski definition) is 1. The van der Waals surface area contributed by atoms with Gasteiger partial charge in [-0.25, -0.2) is 0 Å². The molecule has 0 atom stereocenters. The Balaban J connectivity index is 1.50. The van der Waals surface area contributed by atoms with E-state index < -0.39 is 0 Å². The van der Waals surface area contributed by atoms with E-state index in [0.717, 1.165) is 39.4 Å². The van der Waals surface area contributed by atoms with Gasteiger partial charge < -0.3 is 10.2 Å². The number of fused-ring (bicyclic) bond motifs is 2. The maximum Gasteiger partial charge on any atom is 0.259 e. The molecule has 1 aliphatic carbocycles. The maximum atomic E-state index is 13.9. The summed E-state index contributed by atoms with van der Waals surface area (Å²) in [5, 5.41) is 3.29. The molecule has 0 bridgehead atoms. The molecule has 0 unspecified atom stereocenters. The minimum Gasteiger partial charge on any atom is -0.349 e. The smallest absolute Gasteiger partial charge is 0.259 e. The van der Waals surface area contributed by atoms with Gasteiger partial charge in [0.2, 0.25) is 0 Å². The van der Waals surface area contributed by atoms with E-state index in [0.29, 0.717) is 17.7 Å². The number of aryl methyl sites for hydroxylation is 2. The fourth-order valence-corrected chi connectivity index (χ4v) is 6.29. The Morgan fingerprint density at radius 2 is 1.67 bits per heavy atom. The van der Waals surface area contributed by atoms with Crippen LogP contribution in [-0.4, -0.2) is 17.9 Å². The SMILES string of the molecule is Cc1ccc(C)c(CN2C(=O)c3ccccc3Sc3ccc(C(=O)NC4CCCCCCC4)cc32)c1. The van der Waals surface area contributed by atoms with Crippen LogP contribution in [-0.2, 0) is 6.54 Å². The minimum absolute atomic E-state index is 0.0321. The predicted octanol–water partition coefficient (Wildman–Crippen LogP) is 7.46. The van der Waals surface area contributed by atoms with Crippen molar-refractivity contribution in [3.63, 3.8) is 0 Å². The summed E-state index contributed by atoms with van der Waals surface area (Å²) in [5.74, 6) is -0.0791. The molecule has 2 amide bonds. The molecule has 0 saturated heterocycles. The molecule has 1 saturated carbocycles. The van der Waals surface area contributed by atoms with E-state index in [1.807, 2.05) is 47.4 Å². The van der Waals surface area contributed by atoms with Crippen LogP contribution < -0.4 is 10.2 Å². The lowest BCUT2D eigenvalue weighted by molar-refractivity contribution is 0.0928.